The first kappa shape index (κ1) is 80.8. The predicted octanol–water partition coefficient (Wildman–Crippen LogP) is 5.18. The number of fused-ring (bicyclic) bond motifs is 5. The Labute approximate surface area is 631 Å². The van der Waals surface area contributed by atoms with E-state index in [1.165, 1.54) is 102 Å². The van der Waals surface area contributed by atoms with Crippen molar-refractivity contribution in [3.8, 4) is 5.75 Å². The molecule has 2 aliphatic heterocycles. The molecule has 2 bridgehead atoms. The van der Waals surface area contributed by atoms with Crippen LogP contribution in [0.4, 0.5) is 13.2 Å². The van der Waals surface area contributed by atoms with Crippen LogP contribution in [0.1, 0.15) is 117 Å². The van der Waals surface area contributed by atoms with Crippen molar-refractivity contribution in [2.75, 3.05) is 31.1 Å². The van der Waals surface area contributed by atoms with Crippen molar-refractivity contribution in [1.29, 1.82) is 0 Å². The van der Waals surface area contributed by atoms with Gasteiger partial charge in [-0.1, -0.05) is 48.5 Å². The average Bonchev–Trinajstić information content (AvgIpc) is 1.67. The number of primary amides is 1. The van der Waals surface area contributed by atoms with E-state index in [0.29, 0.717) is 89.9 Å². The van der Waals surface area contributed by atoms with Crippen molar-refractivity contribution in [3.05, 3.63) is 155 Å². The van der Waals surface area contributed by atoms with Gasteiger partial charge in [0.05, 0.1) is 31.3 Å². The number of carbonyl (C=O) groups excluding carboxylic acids is 10. The topological polar surface area (TPSA) is 412 Å². The number of imidazole rings is 1. The number of aromatic hydroxyl groups is 1. The number of nitrogens with zero attached hydrogens (tertiary/aromatic N) is 2. The number of H-pyrrole nitrogens is 2. The number of aromatic nitrogens is 3. The Kier molecular flexibility index (Phi) is 29.1. The van der Waals surface area contributed by atoms with Crippen LogP contribution < -0.4 is 48.7 Å². The molecule has 4 unspecified atom stereocenters. The Bertz CT molecular complexity index is 4160. The number of unbranched alkanes of at least 4 members (excludes halogenated alkanes) is 1. The number of carboxylic acids is 1. The largest absolute Gasteiger partial charge is 0.508 e. The number of aliphatic carboxylic acids is 1. The number of alkyl halides is 1. The summed E-state index contributed by atoms with van der Waals surface area (Å²) >= 11 is 2.84. The molecule has 10 rings (SSSR count). The third-order valence-electron chi connectivity index (χ3n) is 20.8. The molecule has 4 aromatic carbocycles. The molecule has 4 heterocycles. The molecule has 0 radical (unpaired) electrons. The van der Waals surface area contributed by atoms with E-state index in [1.807, 2.05) is 24.3 Å². The molecule has 2 saturated carbocycles. The van der Waals surface area contributed by atoms with Crippen LogP contribution in [-0.4, -0.2) is 175 Å². The zero-order valence-corrected chi connectivity index (χ0v) is 61.4. The van der Waals surface area contributed by atoms with Crippen molar-refractivity contribution in [3.63, 3.8) is 0 Å². The van der Waals surface area contributed by atoms with Gasteiger partial charge in [-0.05, 0) is 171 Å². The van der Waals surface area contributed by atoms with E-state index in [2.05, 4.69) is 52.2 Å². The van der Waals surface area contributed by atoms with Gasteiger partial charge in [-0.25, -0.2) is 18.2 Å². The molecule has 108 heavy (non-hydrogen) atoms. The van der Waals surface area contributed by atoms with E-state index in [1.54, 1.807) is 12.1 Å². The summed E-state index contributed by atoms with van der Waals surface area (Å²) in [6.07, 6.45) is 4.18. The second-order valence-electron chi connectivity index (χ2n) is 28.7. The first-order valence-corrected chi connectivity index (χ1v) is 39.0. The van der Waals surface area contributed by atoms with Crippen LogP contribution in [0.3, 0.4) is 0 Å². The Morgan fingerprint density at radius 1 is 0.657 bits per heavy atom. The number of carbonyl (C=O) groups is 11. The number of amides is 9. The molecule has 31 heteroatoms. The minimum absolute atomic E-state index is 0.0136. The Morgan fingerprint density at radius 2 is 1.31 bits per heavy atom. The fraction of sp³-hybridized carbons (Fsp3) is 0.481. The number of nitrogens with one attached hydrogen (secondary N) is 9. The standard InChI is InChI=1S/C77H94F3N13O13S2/c78-52-14-7-43(8-15-52)24-47-27-66-67(95)30-51(71(82)100)41-108-40-46-5-3-4-45(25-46)39-107-23-21-68(96)87-60(6-1-2-22-81)72(101)85-37-69(97)88-61(29-50-35-84-59-20-17-54(80)32-58(50)59)73(102)89-62(28-49-12-11-48-13-16-53(79)31-57(48)49)74(103)91-64(34-70(98)99)76(105)90-63(33-55-36-83-42-86-55)75(104)92-65(77(106)93(66)38-47)26-44-9-18-56(94)19-10-44/h3-5,7-10,14-15,17-20,25,32,35-36,42,47-49,51,53,57,60-66,84,94H,1-2,6,11-13,16,21-24,26-31,33-34,37-41,81H2,(H2,82,100)(H,83,86)(H,85,101)(H,87,96)(H,88,97)(H,89,102)(H,90,105)(H,91,103)(H,92,104)(H,98,99)/t47-,48?,49?,51+,53?,57?,60+,61+,62+,63+,64+,65+,66+/m1/s1. The van der Waals surface area contributed by atoms with Gasteiger partial charge in [0.2, 0.25) is 53.2 Å². The molecular formula is C77H94F3N13O13S2. The lowest BCUT2D eigenvalue weighted by molar-refractivity contribution is -0.142. The highest BCUT2D eigenvalue weighted by atomic mass is 32.2. The zero-order chi connectivity index (χ0) is 77.0. The molecule has 3 fully saturated rings. The molecular weight excluding hydrogens is 1440 g/mol. The molecule has 0 spiro atoms. The predicted molar refractivity (Wildman–Crippen MR) is 398 cm³/mol. The molecule has 4 aliphatic rings. The summed E-state index contributed by atoms with van der Waals surface area (Å²) in [6.45, 7) is -0.464. The first-order chi connectivity index (χ1) is 51.9. The third-order valence-corrected chi connectivity index (χ3v) is 23.0. The van der Waals surface area contributed by atoms with Crippen molar-refractivity contribution in [1.82, 2.24) is 57.1 Å². The van der Waals surface area contributed by atoms with Gasteiger partial charge in [0, 0.05) is 90.7 Å². The van der Waals surface area contributed by atoms with E-state index in [-0.39, 0.29) is 99.8 Å². The zero-order valence-electron chi connectivity index (χ0n) is 59.8. The number of rotatable bonds is 17. The number of ketones is 1. The number of aromatic amines is 2. The summed E-state index contributed by atoms with van der Waals surface area (Å²) in [5.74, 6) is -11.7. The van der Waals surface area contributed by atoms with Gasteiger partial charge in [0.25, 0.3) is 0 Å². The van der Waals surface area contributed by atoms with E-state index < -0.39 is 156 Å². The number of Topliss-reactive ketones (excluding diaryl/α,β-unsaturated/α-hetero) is 1. The van der Waals surface area contributed by atoms with Gasteiger partial charge in [-0.3, -0.25) is 52.7 Å². The summed E-state index contributed by atoms with van der Waals surface area (Å²) < 4.78 is 44.5. The fourth-order valence-corrected chi connectivity index (χ4v) is 17.2. The first-order valence-electron chi connectivity index (χ1n) is 36.7. The summed E-state index contributed by atoms with van der Waals surface area (Å²) in [4.78, 5) is 171. The van der Waals surface area contributed by atoms with Gasteiger partial charge in [0.1, 0.15) is 59.8 Å². The van der Waals surface area contributed by atoms with Gasteiger partial charge in [-0.2, -0.15) is 23.5 Å². The summed E-state index contributed by atoms with van der Waals surface area (Å²) in [5, 5.41) is 39.8. The Hall–Kier alpha value is -9.75. The number of hydrogen-bond acceptors (Lipinski definition) is 16. The van der Waals surface area contributed by atoms with E-state index in [0.717, 1.165) is 11.1 Å². The van der Waals surface area contributed by atoms with Gasteiger partial charge in [-0.15, -0.1) is 0 Å². The summed E-state index contributed by atoms with van der Waals surface area (Å²) in [5.41, 5.74) is 15.9. The number of phenolic OH excluding ortho intramolecular Hbond substituents is 1. The molecule has 26 nitrogen and oxygen atoms in total. The number of thioether (sulfide) groups is 2. The van der Waals surface area contributed by atoms with Crippen LogP contribution in [0.2, 0.25) is 0 Å². The number of halogens is 3. The summed E-state index contributed by atoms with van der Waals surface area (Å²) in [7, 11) is 0. The maximum atomic E-state index is 15.6. The molecule has 13 atom stereocenters. The van der Waals surface area contributed by atoms with Crippen molar-refractivity contribution in [2.45, 2.75) is 169 Å². The van der Waals surface area contributed by atoms with E-state index in [9.17, 15) is 47.8 Å². The van der Waals surface area contributed by atoms with Crippen LogP contribution in [0.15, 0.2) is 110 Å². The van der Waals surface area contributed by atoms with Gasteiger partial charge in [0.15, 0.2) is 5.78 Å². The molecule has 2 aromatic heterocycles. The Balaban J connectivity index is 0.990. The second kappa shape index (κ2) is 38.9. The number of phenols is 1. The highest BCUT2D eigenvalue weighted by Gasteiger charge is 2.46. The van der Waals surface area contributed by atoms with Crippen LogP contribution in [0, 0.1) is 41.2 Å². The van der Waals surface area contributed by atoms with Crippen molar-refractivity contribution in [2.24, 2.45) is 41.1 Å². The highest BCUT2D eigenvalue weighted by Crippen LogP contribution is 2.48. The van der Waals surface area contributed by atoms with Crippen LogP contribution in [0.5, 0.6) is 5.75 Å². The summed E-state index contributed by atoms with van der Waals surface area (Å²) in [6, 6.07) is 12.4. The number of benzene rings is 4. The molecule has 6 aromatic rings. The van der Waals surface area contributed by atoms with Crippen LogP contribution in [0.25, 0.3) is 10.9 Å². The number of hydrogen-bond donors (Lipinski definition) is 13. The van der Waals surface area contributed by atoms with Gasteiger partial charge < -0.3 is 73.8 Å². The molecule has 578 valence electrons. The monoisotopic (exact) mass is 1530 g/mol. The maximum absolute atomic E-state index is 15.6. The molecule has 9 amide bonds. The normalized spacial score (nSPS) is 26.1. The van der Waals surface area contributed by atoms with Gasteiger partial charge >= 0.3 is 5.97 Å². The average molecular weight is 1530 g/mol. The second-order valence-corrected chi connectivity index (χ2v) is 30.8. The van der Waals surface area contributed by atoms with Crippen molar-refractivity contribution < 1.29 is 76.1 Å². The van der Waals surface area contributed by atoms with E-state index >= 15 is 28.4 Å². The minimum Gasteiger partial charge on any atom is -0.508 e. The Morgan fingerprint density at radius 3 is 2.04 bits per heavy atom. The maximum Gasteiger partial charge on any atom is 0.305 e. The highest BCUT2D eigenvalue weighted by molar-refractivity contribution is 7.98. The molecule has 1 saturated heterocycles. The lowest BCUT2D eigenvalue weighted by atomic mass is 9.75. The molecule has 2 aliphatic carbocycles. The number of nitrogens with two attached hydrogens (primary N) is 2. The fourth-order valence-electron chi connectivity index (χ4n) is 15.2. The van der Waals surface area contributed by atoms with Crippen molar-refractivity contribution >= 4 is 99.3 Å². The lowest BCUT2D eigenvalue weighted by Crippen LogP contribution is -2.60. The van der Waals surface area contributed by atoms with Crippen LogP contribution >= 0.6 is 23.5 Å². The molecule has 15 N–H and O–H groups in total. The number of carboxylic acid groups (broad SMARTS) is 1. The van der Waals surface area contributed by atoms with Crippen LogP contribution in [-0.2, 0) is 89.9 Å². The smallest absolute Gasteiger partial charge is 0.305 e. The minimum atomic E-state index is -2.00. The SMILES string of the molecule is NCCCC[C@@H]1NC(=O)CCSCc2cccc(c2)CSC[C@@H](C(N)=O)CC(=O)[C@@H]2C[C@@H](Cc3ccc(F)cc3)CN2C(=O)[C@H](Cc2ccc(O)cc2)NC(=O)[C@H](Cc2cnc[nH]2)NC(=O)[C@H](CC(=O)O)NC(=O)[C@H](CC2CCC3CCC(F)CC32)NC(=O)[C@H](Cc2c[nH]c3ccc(F)cc23)NC(=O)CNC1=O. The lowest BCUT2D eigenvalue weighted by Gasteiger charge is -2.33. The quantitative estimate of drug-likeness (QED) is 0.0523. The van der Waals surface area contributed by atoms with E-state index in [4.69, 9.17) is 11.5 Å². The third kappa shape index (κ3) is 23.1.